The molecule has 5 saturated heterocycles. The van der Waals surface area contributed by atoms with Crippen LogP contribution in [0.5, 0.6) is 0 Å². The fourth-order valence-electron chi connectivity index (χ4n) is 7.43. The molecule has 344 valence electrons. The van der Waals surface area contributed by atoms with Crippen LogP contribution >= 0.6 is 0 Å². The fourth-order valence-corrected chi connectivity index (χ4v) is 7.43. The van der Waals surface area contributed by atoms with Gasteiger partial charge in [0.05, 0.1) is 33.0 Å². The molecule has 1 amide bonds. The summed E-state index contributed by atoms with van der Waals surface area (Å²) in [5.74, 6) is -0.810. The second-order valence-electron chi connectivity index (χ2n) is 14.7. The number of amides is 1. The third kappa shape index (κ3) is 10.2. The van der Waals surface area contributed by atoms with Crippen LogP contribution in [0.15, 0.2) is 0 Å². The minimum Gasteiger partial charge on any atom is -0.394 e. The fraction of sp³-hybridized carbons (Fsp3) is 0.969. The molecule has 59 heavy (non-hydrogen) atoms. The van der Waals surface area contributed by atoms with Gasteiger partial charge in [-0.1, -0.05) is 0 Å². The van der Waals surface area contributed by atoms with Crippen LogP contribution in [-0.2, 0) is 47.4 Å². The number of aliphatic hydroxyl groups excluding tert-OH is 16. The van der Waals surface area contributed by atoms with Crippen molar-refractivity contribution >= 4 is 5.91 Å². The molecule has 0 radical (unpaired) electrons. The van der Waals surface area contributed by atoms with Crippen molar-refractivity contribution in [1.29, 1.82) is 0 Å². The Hall–Kier alpha value is -1.53. The van der Waals surface area contributed by atoms with Gasteiger partial charge < -0.3 is 130 Å². The topological polar surface area (TPSA) is 436 Å². The molecule has 0 spiro atoms. The summed E-state index contributed by atoms with van der Waals surface area (Å²) in [5, 5.41) is 169. The summed E-state index contributed by atoms with van der Waals surface area (Å²) in [6.45, 7) is -3.54. The Morgan fingerprint density at radius 2 is 0.780 bits per heavy atom. The molecule has 0 aliphatic carbocycles. The lowest BCUT2D eigenvalue weighted by Gasteiger charge is -2.50. The lowest BCUT2D eigenvalue weighted by molar-refractivity contribution is -0.386. The molecule has 5 heterocycles. The van der Waals surface area contributed by atoms with E-state index in [-0.39, 0.29) is 0 Å². The van der Waals surface area contributed by atoms with Crippen molar-refractivity contribution < 1.29 is 129 Å². The smallest absolute Gasteiger partial charge is 0.217 e. The summed E-state index contributed by atoms with van der Waals surface area (Å²) in [4.78, 5) is 12.4. The summed E-state index contributed by atoms with van der Waals surface area (Å²) >= 11 is 0. The first kappa shape index (κ1) is 48.5. The monoisotopic (exact) mass is 869 g/mol. The largest absolute Gasteiger partial charge is 0.394 e. The Kier molecular flexibility index (Phi) is 17.1. The highest BCUT2D eigenvalue weighted by Gasteiger charge is 2.56. The van der Waals surface area contributed by atoms with E-state index in [1.165, 1.54) is 0 Å². The first-order valence-corrected chi connectivity index (χ1v) is 18.6. The summed E-state index contributed by atoms with van der Waals surface area (Å²) in [5.41, 5.74) is 0. The van der Waals surface area contributed by atoms with Crippen LogP contribution in [-0.4, -0.2) is 274 Å². The number of nitrogens with one attached hydrogen (secondary N) is 1. The van der Waals surface area contributed by atoms with Crippen molar-refractivity contribution in [3.8, 4) is 0 Å². The zero-order chi connectivity index (χ0) is 43.6. The van der Waals surface area contributed by atoms with Crippen molar-refractivity contribution in [1.82, 2.24) is 5.32 Å². The van der Waals surface area contributed by atoms with E-state index in [4.69, 9.17) is 42.6 Å². The Balaban J connectivity index is 1.32. The minimum absolute atomic E-state index is 0.810. The number of hydrogen-bond acceptors (Lipinski definition) is 26. The first-order valence-electron chi connectivity index (χ1n) is 18.6. The standard InChI is InChI=1S/C32H55NO26/c1-7(39)33-13-16(42)24(56-31-22(48)19(45)26(12(6-38)55-31)57-30-21(47)17(43)14(40)8(2-34)52-30)11(5-37)54-29(13)59-27-15(41)9(3-35)53-32(23(27)49)58-25-10(4-36)51-28(50)20(46)18(25)44/h8-32,34-38,40-50H,2-6H2,1H3,(H,33,39)/t8-,9-,10-,11-,12-,13-,14+,15+,16-,17+,18-,19-,20-,21-,22-,23-,24+,25-,26+,27+,28-,29+,30-,31+,32+/m1/s1. The average Bonchev–Trinajstić information content (AvgIpc) is 3.21. The van der Waals surface area contributed by atoms with Gasteiger partial charge in [-0.15, -0.1) is 0 Å². The van der Waals surface area contributed by atoms with Gasteiger partial charge in [-0.3, -0.25) is 4.79 Å². The molecule has 5 aliphatic heterocycles. The van der Waals surface area contributed by atoms with E-state index in [9.17, 15) is 86.5 Å². The number of carbonyl (C=O) groups is 1. The highest BCUT2D eigenvalue weighted by molar-refractivity contribution is 5.73. The molecule has 0 unspecified atom stereocenters. The van der Waals surface area contributed by atoms with Crippen LogP contribution in [0, 0.1) is 0 Å². The zero-order valence-electron chi connectivity index (χ0n) is 31.2. The summed E-state index contributed by atoms with van der Waals surface area (Å²) in [6, 6.07) is -1.71. The molecule has 0 bridgehead atoms. The van der Waals surface area contributed by atoms with Crippen LogP contribution in [0.1, 0.15) is 6.92 Å². The van der Waals surface area contributed by atoms with Gasteiger partial charge in [-0.25, -0.2) is 0 Å². The molecule has 0 aromatic heterocycles. The van der Waals surface area contributed by atoms with Crippen LogP contribution in [0.4, 0.5) is 0 Å². The number of ether oxygens (including phenoxy) is 9. The van der Waals surface area contributed by atoms with Crippen LogP contribution in [0.25, 0.3) is 0 Å². The van der Waals surface area contributed by atoms with Gasteiger partial charge in [0.1, 0.15) is 122 Å². The van der Waals surface area contributed by atoms with E-state index in [2.05, 4.69) is 5.32 Å². The molecule has 0 aromatic rings. The molecular formula is C32H55NO26. The van der Waals surface area contributed by atoms with Crippen molar-refractivity contribution in [3.05, 3.63) is 0 Å². The number of rotatable bonds is 14. The van der Waals surface area contributed by atoms with Crippen molar-refractivity contribution in [2.75, 3.05) is 33.0 Å². The van der Waals surface area contributed by atoms with Gasteiger partial charge in [0.15, 0.2) is 31.5 Å². The lowest BCUT2D eigenvalue weighted by Crippen LogP contribution is -2.70. The van der Waals surface area contributed by atoms with E-state index < -0.39 is 192 Å². The van der Waals surface area contributed by atoms with E-state index in [1.54, 1.807) is 0 Å². The Morgan fingerprint density at radius 3 is 1.27 bits per heavy atom. The molecule has 17 N–H and O–H groups in total. The Bertz CT molecular complexity index is 1320. The number of carbonyl (C=O) groups excluding carboxylic acids is 1. The maximum atomic E-state index is 12.4. The molecule has 27 heteroatoms. The average molecular weight is 870 g/mol. The van der Waals surface area contributed by atoms with Crippen molar-refractivity contribution in [3.63, 3.8) is 0 Å². The summed E-state index contributed by atoms with van der Waals surface area (Å²) in [7, 11) is 0. The predicted molar refractivity (Wildman–Crippen MR) is 178 cm³/mol. The predicted octanol–water partition coefficient (Wildman–Crippen LogP) is -11.8. The van der Waals surface area contributed by atoms with E-state index in [1.807, 2.05) is 0 Å². The van der Waals surface area contributed by atoms with E-state index in [0.29, 0.717) is 0 Å². The van der Waals surface area contributed by atoms with Gasteiger partial charge in [0.2, 0.25) is 5.91 Å². The molecule has 5 fully saturated rings. The van der Waals surface area contributed by atoms with Crippen molar-refractivity contribution in [2.45, 2.75) is 160 Å². The third-order valence-corrected chi connectivity index (χ3v) is 10.7. The van der Waals surface area contributed by atoms with E-state index >= 15 is 0 Å². The van der Waals surface area contributed by atoms with Gasteiger partial charge >= 0.3 is 0 Å². The summed E-state index contributed by atoms with van der Waals surface area (Å²) in [6.07, 6.45) is -43.9. The number of hydrogen-bond donors (Lipinski definition) is 17. The zero-order valence-corrected chi connectivity index (χ0v) is 31.2. The molecule has 0 aromatic carbocycles. The maximum absolute atomic E-state index is 12.4. The van der Waals surface area contributed by atoms with Gasteiger partial charge in [0, 0.05) is 6.92 Å². The maximum Gasteiger partial charge on any atom is 0.217 e. The highest BCUT2D eigenvalue weighted by atomic mass is 16.8. The molecule has 5 aliphatic rings. The van der Waals surface area contributed by atoms with Crippen LogP contribution in [0.3, 0.4) is 0 Å². The SMILES string of the molecule is CC(=O)N[C@H]1[C@H](O[C@H]2[C@@H](O)[C@@H](CO)O[C@@H](O[C@H]3[C@H](O)[C@@H](O)[C@H](O)O[C@@H]3CO)[C@@H]2O)O[C@H](CO)[C@H](O[C@@H]2O[C@H](CO)[C@H](O[C@H]3O[C@H](CO)[C@H](O)[C@H](O)[C@H]3O)[C@H](O)[C@H]2O)[C@@H]1O. The molecule has 25 atom stereocenters. The first-order chi connectivity index (χ1) is 27.9. The molecule has 27 nitrogen and oxygen atoms in total. The minimum atomic E-state index is -2.10. The number of aliphatic hydroxyl groups is 16. The quantitative estimate of drug-likeness (QED) is 0.0770. The lowest BCUT2D eigenvalue weighted by atomic mass is 9.94. The molecule has 0 saturated carbocycles. The van der Waals surface area contributed by atoms with Gasteiger partial charge in [0.25, 0.3) is 0 Å². The Morgan fingerprint density at radius 1 is 0.407 bits per heavy atom. The van der Waals surface area contributed by atoms with Gasteiger partial charge in [-0.05, 0) is 0 Å². The van der Waals surface area contributed by atoms with Gasteiger partial charge in [-0.2, -0.15) is 0 Å². The molecule has 5 rings (SSSR count). The second kappa shape index (κ2) is 20.8. The second-order valence-corrected chi connectivity index (χ2v) is 14.7. The Labute approximate surface area is 333 Å². The highest BCUT2D eigenvalue weighted by Crippen LogP contribution is 2.35. The normalized spacial score (nSPS) is 51.0. The van der Waals surface area contributed by atoms with Crippen LogP contribution < -0.4 is 5.32 Å². The summed E-state index contributed by atoms with van der Waals surface area (Å²) < 4.78 is 50.0. The molecular weight excluding hydrogens is 814 g/mol. The van der Waals surface area contributed by atoms with E-state index in [0.717, 1.165) is 6.92 Å². The van der Waals surface area contributed by atoms with Crippen molar-refractivity contribution in [2.24, 2.45) is 0 Å². The third-order valence-electron chi connectivity index (χ3n) is 10.7. The van der Waals surface area contributed by atoms with Crippen LogP contribution in [0.2, 0.25) is 0 Å².